The van der Waals surface area contributed by atoms with E-state index in [1.807, 2.05) is 24.1 Å². The minimum atomic E-state index is 0.00438. The average molecular weight is 370 g/mol. The Morgan fingerprint density at radius 3 is 2.81 bits per heavy atom. The molecule has 7 heteroatoms. The standard InChI is InChI=1S/C20H26N4O3/c1-2-24-15-18(12-21-24)20(25)23-7-10-27-19-4-3-16(11-17(19)14-23)13-22-5-8-26-9-6-22/h3-4,11-12,15H,2,5-10,13-14H2,1H3. The molecule has 1 aromatic heterocycles. The second-order valence-corrected chi connectivity index (χ2v) is 6.99. The number of benzene rings is 1. The highest BCUT2D eigenvalue weighted by atomic mass is 16.5. The predicted octanol–water partition coefficient (Wildman–Crippen LogP) is 1.77. The number of amides is 1. The number of morpholine rings is 1. The van der Waals surface area contributed by atoms with Gasteiger partial charge in [0.2, 0.25) is 0 Å². The van der Waals surface area contributed by atoms with E-state index in [-0.39, 0.29) is 5.91 Å². The van der Waals surface area contributed by atoms with Crippen molar-refractivity contribution in [2.24, 2.45) is 0 Å². The van der Waals surface area contributed by atoms with Gasteiger partial charge in [-0.25, -0.2) is 0 Å². The summed E-state index contributed by atoms with van der Waals surface area (Å²) >= 11 is 0. The Morgan fingerprint density at radius 1 is 1.19 bits per heavy atom. The normalized spacial score (nSPS) is 17.9. The van der Waals surface area contributed by atoms with Gasteiger partial charge in [-0.3, -0.25) is 14.4 Å². The fraction of sp³-hybridized carbons (Fsp3) is 0.500. The number of aryl methyl sites for hydroxylation is 1. The van der Waals surface area contributed by atoms with Gasteiger partial charge in [0.1, 0.15) is 12.4 Å². The lowest BCUT2D eigenvalue weighted by Crippen LogP contribution is -2.35. The highest BCUT2D eigenvalue weighted by Gasteiger charge is 2.22. The van der Waals surface area contributed by atoms with E-state index in [1.54, 1.807) is 10.9 Å². The Labute approximate surface area is 159 Å². The molecule has 0 radical (unpaired) electrons. The maximum Gasteiger partial charge on any atom is 0.257 e. The molecule has 0 unspecified atom stereocenters. The zero-order valence-electron chi connectivity index (χ0n) is 15.8. The van der Waals surface area contributed by atoms with Crippen molar-refractivity contribution in [3.63, 3.8) is 0 Å². The largest absolute Gasteiger partial charge is 0.491 e. The summed E-state index contributed by atoms with van der Waals surface area (Å²) in [5, 5.41) is 4.22. The van der Waals surface area contributed by atoms with Crippen LogP contribution in [0.5, 0.6) is 5.75 Å². The molecule has 0 atom stereocenters. The van der Waals surface area contributed by atoms with Crippen LogP contribution in [0.1, 0.15) is 28.4 Å². The van der Waals surface area contributed by atoms with Gasteiger partial charge in [-0.05, 0) is 24.6 Å². The highest BCUT2D eigenvalue weighted by Crippen LogP contribution is 2.26. The first kappa shape index (κ1) is 18.0. The van der Waals surface area contributed by atoms with Crippen molar-refractivity contribution in [1.29, 1.82) is 0 Å². The molecule has 7 nitrogen and oxygen atoms in total. The van der Waals surface area contributed by atoms with Crippen molar-refractivity contribution in [2.45, 2.75) is 26.6 Å². The smallest absolute Gasteiger partial charge is 0.257 e. The summed E-state index contributed by atoms with van der Waals surface area (Å²) in [7, 11) is 0. The van der Waals surface area contributed by atoms with Gasteiger partial charge in [-0.15, -0.1) is 0 Å². The van der Waals surface area contributed by atoms with E-state index in [0.717, 1.165) is 50.7 Å². The third-order valence-corrected chi connectivity index (χ3v) is 5.11. The summed E-state index contributed by atoms with van der Waals surface area (Å²) in [5.41, 5.74) is 2.94. The molecule has 144 valence electrons. The third kappa shape index (κ3) is 4.14. The lowest BCUT2D eigenvalue weighted by molar-refractivity contribution is 0.0341. The fourth-order valence-corrected chi connectivity index (χ4v) is 3.57. The third-order valence-electron chi connectivity index (χ3n) is 5.11. The van der Waals surface area contributed by atoms with E-state index in [4.69, 9.17) is 9.47 Å². The molecule has 0 spiro atoms. The molecule has 2 aromatic rings. The number of hydrogen-bond acceptors (Lipinski definition) is 5. The number of aromatic nitrogens is 2. The summed E-state index contributed by atoms with van der Waals surface area (Å²) in [6.45, 7) is 8.80. The molecule has 3 heterocycles. The monoisotopic (exact) mass is 370 g/mol. The molecule has 0 saturated carbocycles. The van der Waals surface area contributed by atoms with Gasteiger partial charge >= 0.3 is 0 Å². The molecule has 27 heavy (non-hydrogen) atoms. The summed E-state index contributed by atoms with van der Waals surface area (Å²) in [6, 6.07) is 6.33. The van der Waals surface area contributed by atoms with Gasteiger partial charge < -0.3 is 14.4 Å². The number of nitrogens with zero attached hydrogens (tertiary/aromatic N) is 4. The van der Waals surface area contributed by atoms with Gasteiger partial charge in [0, 0.05) is 44.5 Å². The number of ether oxygens (including phenoxy) is 2. The van der Waals surface area contributed by atoms with Crippen LogP contribution in [-0.2, 0) is 24.4 Å². The molecule has 1 aromatic carbocycles. The first-order valence-corrected chi connectivity index (χ1v) is 9.59. The van der Waals surface area contributed by atoms with Crippen LogP contribution in [0.25, 0.3) is 0 Å². The van der Waals surface area contributed by atoms with Gasteiger partial charge in [0.05, 0.1) is 31.5 Å². The van der Waals surface area contributed by atoms with E-state index < -0.39 is 0 Å². The Bertz CT molecular complexity index is 798. The van der Waals surface area contributed by atoms with Gasteiger partial charge in [-0.2, -0.15) is 5.10 Å². The Hall–Kier alpha value is -2.38. The molecule has 4 rings (SSSR count). The molecule has 1 saturated heterocycles. The summed E-state index contributed by atoms with van der Waals surface area (Å²) < 4.78 is 13.1. The lowest BCUT2D eigenvalue weighted by Gasteiger charge is -2.27. The molecule has 2 aliphatic heterocycles. The van der Waals surface area contributed by atoms with Crippen LogP contribution in [0.15, 0.2) is 30.6 Å². The van der Waals surface area contributed by atoms with Crippen LogP contribution in [0.2, 0.25) is 0 Å². The van der Waals surface area contributed by atoms with Crippen LogP contribution in [0.3, 0.4) is 0 Å². The van der Waals surface area contributed by atoms with E-state index in [2.05, 4.69) is 22.1 Å². The van der Waals surface area contributed by atoms with Crippen molar-refractivity contribution in [3.8, 4) is 5.75 Å². The van der Waals surface area contributed by atoms with Gasteiger partial charge in [0.15, 0.2) is 0 Å². The molecule has 1 fully saturated rings. The summed E-state index contributed by atoms with van der Waals surface area (Å²) in [5.74, 6) is 0.880. The van der Waals surface area contributed by atoms with Gasteiger partial charge in [0.25, 0.3) is 5.91 Å². The van der Waals surface area contributed by atoms with Crippen LogP contribution in [0.4, 0.5) is 0 Å². The van der Waals surface area contributed by atoms with Crippen molar-refractivity contribution in [2.75, 3.05) is 39.5 Å². The minimum Gasteiger partial charge on any atom is -0.491 e. The first-order valence-electron chi connectivity index (χ1n) is 9.59. The van der Waals surface area contributed by atoms with Crippen molar-refractivity contribution < 1.29 is 14.3 Å². The topological polar surface area (TPSA) is 59.8 Å². The maximum absolute atomic E-state index is 12.9. The minimum absolute atomic E-state index is 0.00438. The SMILES string of the molecule is CCn1cc(C(=O)N2CCOc3ccc(CN4CCOCC4)cc3C2)cn1. The van der Waals surface area contributed by atoms with Gasteiger partial charge in [-0.1, -0.05) is 6.07 Å². The lowest BCUT2D eigenvalue weighted by atomic mass is 10.1. The fourth-order valence-electron chi connectivity index (χ4n) is 3.57. The molecule has 2 aliphatic rings. The molecular formula is C20H26N4O3. The summed E-state index contributed by atoms with van der Waals surface area (Å²) in [6.07, 6.45) is 3.46. The van der Waals surface area contributed by atoms with Crippen molar-refractivity contribution in [1.82, 2.24) is 19.6 Å². The molecule has 0 bridgehead atoms. The van der Waals surface area contributed by atoms with E-state index in [1.165, 1.54) is 5.56 Å². The molecular weight excluding hydrogens is 344 g/mol. The quantitative estimate of drug-likeness (QED) is 0.821. The summed E-state index contributed by atoms with van der Waals surface area (Å²) in [4.78, 5) is 17.1. The van der Waals surface area contributed by atoms with E-state index in [9.17, 15) is 4.79 Å². The number of carbonyl (C=O) groups is 1. The highest BCUT2D eigenvalue weighted by molar-refractivity contribution is 5.93. The van der Waals surface area contributed by atoms with Crippen LogP contribution in [0, 0.1) is 0 Å². The van der Waals surface area contributed by atoms with Crippen LogP contribution >= 0.6 is 0 Å². The zero-order chi connectivity index (χ0) is 18.6. The molecule has 1 amide bonds. The van der Waals surface area contributed by atoms with Crippen LogP contribution in [-0.4, -0.2) is 64.9 Å². The Morgan fingerprint density at radius 2 is 2.04 bits per heavy atom. The first-order chi connectivity index (χ1) is 13.2. The second kappa shape index (κ2) is 8.10. The maximum atomic E-state index is 12.9. The van der Waals surface area contributed by atoms with Crippen molar-refractivity contribution in [3.05, 3.63) is 47.3 Å². The Balaban J connectivity index is 1.49. The second-order valence-electron chi connectivity index (χ2n) is 6.99. The zero-order valence-corrected chi connectivity index (χ0v) is 15.8. The predicted molar refractivity (Wildman–Crippen MR) is 101 cm³/mol. The number of fused-ring (bicyclic) bond motifs is 1. The number of rotatable bonds is 4. The molecule has 0 N–H and O–H groups in total. The average Bonchev–Trinajstić information content (AvgIpc) is 3.08. The number of carbonyl (C=O) groups excluding carboxylic acids is 1. The Kier molecular flexibility index (Phi) is 5.40. The van der Waals surface area contributed by atoms with E-state index in [0.29, 0.717) is 25.3 Å². The van der Waals surface area contributed by atoms with Crippen molar-refractivity contribution >= 4 is 5.91 Å². The molecule has 0 aliphatic carbocycles. The van der Waals surface area contributed by atoms with E-state index >= 15 is 0 Å². The van der Waals surface area contributed by atoms with Crippen LogP contribution < -0.4 is 4.74 Å². The number of hydrogen-bond donors (Lipinski definition) is 0.